The number of thioether (sulfide) groups is 1. The van der Waals surface area contributed by atoms with Gasteiger partial charge >= 0.3 is 11.9 Å². The Morgan fingerprint density at radius 3 is 2.76 bits per heavy atom. The van der Waals surface area contributed by atoms with Gasteiger partial charge in [0.25, 0.3) is 0 Å². The van der Waals surface area contributed by atoms with Gasteiger partial charge in [0.05, 0.1) is 42.9 Å². The molecule has 3 heterocycles. The minimum Gasteiger partial charge on any atom is -0.466 e. The number of amidine groups is 1. The minimum absolute atomic E-state index is 0.0903. The third kappa shape index (κ3) is 6.24. The fourth-order valence-corrected chi connectivity index (χ4v) is 6.00. The molecule has 4 rings (SSSR count). The first kappa shape index (κ1) is 28.2. The second-order valence-corrected chi connectivity index (χ2v) is 10.5. The van der Waals surface area contributed by atoms with Gasteiger partial charge in [-0.15, -0.1) is 0 Å². The number of carbonyl (C=O) groups is 3. The van der Waals surface area contributed by atoms with Gasteiger partial charge in [-0.1, -0.05) is 35.5 Å². The molecule has 1 aromatic carbocycles. The van der Waals surface area contributed by atoms with E-state index in [0.717, 1.165) is 17.7 Å². The van der Waals surface area contributed by atoms with E-state index < -0.39 is 12.0 Å². The molecule has 3 aliphatic heterocycles. The molecule has 0 unspecified atom stereocenters. The van der Waals surface area contributed by atoms with E-state index in [-0.39, 0.29) is 37.4 Å². The number of nitrogens with zero attached hydrogens (tertiary/aromatic N) is 3. The van der Waals surface area contributed by atoms with Gasteiger partial charge < -0.3 is 24.0 Å². The zero-order valence-corrected chi connectivity index (χ0v) is 23.3. The molecule has 1 fully saturated rings. The van der Waals surface area contributed by atoms with Gasteiger partial charge in [0.1, 0.15) is 6.61 Å². The molecule has 3 aliphatic rings. The van der Waals surface area contributed by atoms with E-state index in [1.54, 1.807) is 24.8 Å². The quantitative estimate of drug-likeness (QED) is 0.325. The number of methoxy groups -OCH3 is 1. The number of fused-ring (bicyclic) bond motifs is 1. The van der Waals surface area contributed by atoms with Crippen LogP contribution in [-0.2, 0) is 28.6 Å². The van der Waals surface area contributed by atoms with E-state index in [9.17, 15) is 14.4 Å². The van der Waals surface area contributed by atoms with Crippen molar-refractivity contribution in [1.82, 2.24) is 9.80 Å². The SMILES string of the molecule is CCOC(=O)[C@H]1CCCN(C(=O)CC2=CSC3=NC(C)=C(C(=O)OCCOC)[C@H](c4cccc(Cl)c4)N23)C1. The molecule has 1 saturated heterocycles. The molecule has 2 atom stereocenters. The predicted octanol–water partition coefficient (Wildman–Crippen LogP) is 4.30. The number of halogens is 1. The largest absolute Gasteiger partial charge is 0.466 e. The van der Waals surface area contributed by atoms with Crippen LogP contribution in [0.25, 0.3) is 0 Å². The molecular weight excluding hydrogens is 530 g/mol. The van der Waals surface area contributed by atoms with Crippen LogP contribution < -0.4 is 0 Å². The maximum atomic E-state index is 13.4. The van der Waals surface area contributed by atoms with Crippen LogP contribution in [0, 0.1) is 5.92 Å². The molecule has 1 aromatic rings. The summed E-state index contributed by atoms with van der Waals surface area (Å²) in [6.45, 7) is 5.19. The van der Waals surface area contributed by atoms with E-state index in [4.69, 9.17) is 25.8 Å². The Balaban J connectivity index is 1.59. The summed E-state index contributed by atoms with van der Waals surface area (Å²) in [7, 11) is 1.54. The Labute approximate surface area is 231 Å². The topological polar surface area (TPSA) is 97.7 Å². The van der Waals surface area contributed by atoms with E-state index in [2.05, 4.69) is 4.99 Å². The lowest BCUT2D eigenvalue weighted by atomic mass is 9.93. The lowest BCUT2D eigenvalue weighted by Crippen LogP contribution is -2.44. The van der Waals surface area contributed by atoms with Crippen LogP contribution in [-0.4, -0.2) is 72.8 Å². The lowest BCUT2D eigenvalue weighted by Gasteiger charge is -2.37. The van der Waals surface area contributed by atoms with Crippen LogP contribution in [0.5, 0.6) is 0 Å². The molecule has 0 aliphatic carbocycles. The summed E-state index contributed by atoms with van der Waals surface area (Å²) in [5.74, 6) is -1.16. The second-order valence-electron chi connectivity index (χ2n) is 9.18. The van der Waals surface area contributed by atoms with Gasteiger partial charge in [-0.3, -0.25) is 9.59 Å². The van der Waals surface area contributed by atoms with Crippen LogP contribution >= 0.6 is 23.4 Å². The fraction of sp³-hybridized carbons (Fsp3) is 0.481. The summed E-state index contributed by atoms with van der Waals surface area (Å²) in [4.78, 5) is 47.3. The Morgan fingerprint density at radius 2 is 2.03 bits per heavy atom. The molecule has 11 heteroatoms. The highest BCUT2D eigenvalue weighted by atomic mass is 35.5. The number of carbonyl (C=O) groups excluding carboxylic acids is 3. The Hall–Kier alpha value is -2.82. The molecule has 204 valence electrons. The third-order valence-corrected chi connectivity index (χ3v) is 7.76. The maximum Gasteiger partial charge on any atom is 0.338 e. The average Bonchev–Trinajstić information content (AvgIpc) is 3.29. The van der Waals surface area contributed by atoms with Crippen molar-refractivity contribution in [3.63, 3.8) is 0 Å². The smallest absolute Gasteiger partial charge is 0.338 e. The molecule has 0 radical (unpaired) electrons. The molecule has 0 N–H and O–H groups in total. The van der Waals surface area contributed by atoms with E-state index in [1.165, 1.54) is 18.9 Å². The Bertz CT molecular complexity index is 1180. The van der Waals surface area contributed by atoms with E-state index in [1.807, 2.05) is 28.5 Å². The highest BCUT2D eigenvalue weighted by Crippen LogP contribution is 2.45. The molecule has 38 heavy (non-hydrogen) atoms. The Kier molecular flexibility index (Phi) is 9.51. The van der Waals surface area contributed by atoms with E-state index >= 15 is 0 Å². The number of likely N-dealkylation sites (tertiary alicyclic amines) is 1. The van der Waals surface area contributed by atoms with Crippen LogP contribution in [0.2, 0.25) is 5.02 Å². The van der Waals surface area contributed by atoms with Crippen LogP contribution in [0.15, 0.2) is 51.6 Å². The lowest BCUT2D eigenvalue weighted by molar-refractivity contribution is -0.151. The molecule has 1 amide bonds. The summed E-state index contributed by atoms with van der Waals surface area (Å²) in [6.07, 6.45) is 1.55. The number of amides is 1. The molecule has 0 saturated carbocycles. The first-order valence-electron chi connectivity index (χ1n) is 12.6. The van der Waals surface area contributed by atoms with Crippen molar-refractivity contribution in [2.75, 3.05) is 40.0 Å². The first-order valence-corrected chi connectivity index (χ1v) is 13.9. The van der Waals surface area contributed by atoms with Gasteiger partial charge in [-0.2, -0.15) is 0 Å². The number of piperidine rings is 1. The summed E-state index contributed by atoms with van der Waals surface area (Å²) >= 11 is 7.75. The predicted molar refractivity (Wildman–Crippen MR) is 145 cm³/mol. The molecule has 9 nitrogen and oxygen atoms in total. The Morgan fingerprint density at radius 1 is 1.21 bits per heavy atom. The van der Waals surface area contributed by atoms with Gasteiger partial charge in [0.2, 0.25) is 5.91 Å². The highest BCUT2D eigenvalue weighted by Gasteiger charge is 2.42. The standard InChI is InChI=1S/C27H32ClN3O6S/c1-4-36-25(33)19-8-6-10-30(15-19)22(32)14-21-16-38-27-29-17(2)23(26(34)37-12-11-35-3)24(31(21)27)18-7-5-9-20(28)13-18/h5,7,9,13,16,19,24H,4,6,8,10-12,14-15H2,1-3H3/t19-,24-/m0/s1. The number of allylic oxidation sites excluding steroid dienone is 1. The third-order valence-electron chi connectivity index (χ3n) is 6.63. The van der Waals surface area contributed by atoms with Crippen molar-refractivity contribution >= 4 is 46.4 Å². The summed E-state index contributed by atoms with van der Waals surface area (Å²) in [5, 5.41) is 3.10. The number of rotatable bonds is 9. The highest BCUT2D eigenvalue weighted by molar-refractivity contribution is 8.16. The minimum atomic E-state index is -0.570. The number of hydrogen-bond donors (Lipinski definition) is 0. The van der Waals surface area contributed by atoms with Crippen molar-refractivity contribution in [2.45, 2.75) is 39.2 Å². The average molecular weight is 562 g/mol. The monoisotopic (exact) mass is 561 g/mol. The van der Waals surface area contributed by atoms with E-state index in [0.29, 0.717) is 47.6 Å². The fourth-order valence-electron chi connectivity index (χ4n) is 4.84. The number of ether oxygens (including phenoxy) is 3. The molecular formula is C27H32ClN3O6S. The molecule has 0 bridgehead atoms. The summed E-state index contributed by atoms with van der Waals surface area (Å²) in [6, 6.07) is 6.73. The molecule has 0 aromatic heterocycles. The van der Waals surface area contributed by atoms with Crippen LogP contribution in [0.1, 0.15) is 44.7 Å². The zero-order valence-electron chi connectivity index (χ0n) is 21.8. The van der Waals surface area contributed by atoms with Crippen LogP contribution in [0.4, 0.5) is 0 Å². The number of esters is 2. The first-order chi connectivity index (χ1) is 18.3. The van der Waals surface area contributed by atoms with Crippen molar-refractivity contribution < 1.29 is 28.6 Å². The summed E-state index contributed by atoms with van der Waals surface area (Å²) in [5.41, 5.74) is 2.43. The molecule has 0 spiro atoms. The normalized spacial score (nSPS) is 21.1. The zero-order chi connectivity index (χ0) is 27.2. The maximum absolute atomic E-state index is 13.4. The number of aliphatic imine (C=N–C) groups is 1. The van der Waals surface area contributed by atoms with Crippen molar-refractivity contribution in [3.05, 3.63) is 57.2 Å². The van der Waals surface area contributed by atoms with Crippen LogP contribution in [0.3, 0.4) is 0 Å². The summed E-state index contributed by atoms with van der Waals surface area (Å²) < 4.78 is 15.7. The second kappa shape index (κ2) is 12.8. The van der Waals surface area contributed by atoms with Crippen molar-refractivity contribution in [1.29, 1.82) is 0 Å². The van der Waals surface area contributed by atoms with Gasteiger partial charge in [-0.25, -0.2) is 9.79 Å². The van der Waals surface area contributed by atoms with Crippen molar-refractivity contribution in [2.24, 2.45) is 10.9 Å². The number of benzene rings is 1. The van der Waals surface area contributed by atoms with Crippen molar-refractivity contribution in [3.8, 4) is 0 Å². The van der Waals surface area contributed by atoms with Gasteiger partial charge in [0, 0.05) is 30.9 Å². The van der Waals surface area contributed by atoms with Gasteiger partial charge in [-0.05, 0) is 49.8 Å². The van der Waals surface area contributed by atoms with Gasteiger partial charge in [0.15, 0.2) is 5.17 Å². The number of hydrogen-bond acceptors (Lipinski definition) is 9.